The molecule has 3 aromatic carbocycles. The molecule has 3 aromatic rings. The first-order valence-corrected chi connectivity index (χ1v) is 10.5. The number of benzene rings is 3. The largest absolute Gasteiger partial charge is 0.366 e. The summed E-state index contributed by atoms with van der Waals surface area (Å²) in [5, 5.41) is 14.2. The summed E-state index contributed by atoms with van der Waals surface area (Å²) in [5.74, 6) is -0.995. The van der Waals surface area contributed by atoms with E-state index < -0.39 is 10.8 Å². The summed E-state index contributed by atoms with van der Waals surface area (Å²) in [4.78, 5) is 34.6. The molecule has 0 aliphatic carbocycles. The Morgan fingerprint density at radius 2 is 1.68 bits per heavy atom. The molecule has 8 heteroatoms. The Morgan fingerprint density at radius 1 is 1.03 bits per heavy atom. The number of rotatable bonds is 8. The molecule has 7 nitrogen and oxygen atoms in total. The molecule has 1 atom stereocenters. The van der Waals surface area contributed by atoms with E-state index >= 15 is 0 Å². The van der Waals surface area contributed by atoms with E-state index in [1.807, 2.05) is 61.5 Å². The van der Waals surface area contributed by atoms with Crippen LogP contribution in [0.3, 0.4) is 0 Å². The summed E-state index contributed by atoms with van der Waals surface area (Å²) in [7, 11) is 0. The predicted octanol–water partition coefficient (Wildman–Crippen LogP) is 4.33. The Balaban J connectivity index is 1.61. The van der Waals surface area contributed by atoms with Gasteiger partial charge in [-0.3, -0.25) is 19.7 Å². The average Bonchev–Trinajstić information content (AvgIpc) is 2.78. The van der Waals surface area contributed by atoms with Gasteiger partial charge in [0.05, 0.1) is 21.6 Å². The summed E-state index contributed by atoms with van der Waals surface area (Å²) in [6, 6.07) is 21.7. The first-order chi connectivity index (χ1) is 14.8. The van der Waals surface area contributed by atoms with Gasteiger partial charge in [0.2, 0.25) is 11.8 Å². The zero-order valence-corrected chi connectivity index (χ0v) is 17.6. The van der Waals surface area contributed by atoms with Crippen LogP contribution in [0, 0.1) is 10.1 Å². The third kappa shape index (κ3) is 5.70. The van der Waals surface area contributed by atoms with Gasteiger partial charge >= 0.3 is 0 Å². The molecule has 0 saturated carbocycles. The Bertz CT molecular complexity index is 1100. The number of primary amides is 1. The molecule has 0 heterocycles. The van der Waals surface area contributed by atoms with Gasteiger partial charge in [0.25, 0.3) is 5.69 Å². The molecule has 0 aliphatic rings. The van der Waals surface area contributed by atoms with Gasteiger partial charge in [-0.2, -0.15) is 0 Å². The lowest BCUT2D eigenvalue weighted by atomic mass is 10.0. The lowest BCUT2D eigenvalue weighted by Gasteiger charge is -2.15. The first kappa shape index (κ1) is 22.0. The number of hydrogen-bond donors (Lipinski definition) is 2. The molecule has 0 radical (unpaired) electrons. The number of hydrogen-bond acceptors (Lipinski definition) is 5. The monoisotopic (exact) mass is 435 g/mol. The molecule has 158 valence electrons. The smallest absolute Gasteiger partial charge is 0.283 e. The van der Waals surface area contributed by atoms with E-state index in [1.165, 1.54) is 12.1 Å². The van der Waals surface area contributed by atoms with Crippen LogP contribution in [0.25, 0.3) is 11.1 Å². The lowest BCUT2D eigenvalue weighted by molar-refractivity contribution is -0.387. The second-order valence-electron chi connectivity index (χ2n) is 6.87. The fourth-order valence-electron chi connectivity index (χ4n) is 3.04. The zero-order valence-electron chi connectivity index (χ0n) is 16.8. The van der Waals surface area contributed by atoms with Crippen molar-refractivity contribution in [2.24, 2.45) is 5.73 Å². The van der Waals surface area contributed by atoms with Crippen LogP contribution in [-0.4, -0.2) is 22.5 Å². The number of nitrogens with zero attached hydrogens (tertiary/aromatic N) is 1. The Kier molecular flexibility index (Phi) is 7.04. The van der Waals surface area contributed by atoms with E-state index in [2.05, 4.69) is 5.32 Å². The highest BCUT2D eigenvalue weighted by molar-refractivity contribution is 8.00. The van der Waals surface area contributed by atoms with E-state index in [0.29, 0.717) is 4.90 Å². The van der Waals surface area contributed by atoms with Gasteiger partial charge in [-0.05, 0) is 35.7 Å². The zero-order chi connectivity index (χ0) is 22.4. The second-order valence-corrected chi connectivity index (χ2v) is 7.89. The van der Waals surface area contributed by atoms with Crippen molar-refractivity contribution in [3.05, 3.63) is 94.0 Å². The van der Waals surface area contributed by atoms with E-state index in [4.69, 9.17) is 5.73 Å². The SMILES string of the molecule is CC(NC(=O)CSc1ccc(C(N)=O)cc1[N+](=O)[O-])c1ccc(-c2ccccc2)cc1. The number of thioether (sulfide) groups is 1. The van der Waals surface area contributed by atoms with Crippen LogP contribution < -0.4 is 11.1 Å². The van der Waals surface area contributed by atoms with Crippen LogP contribution in [0.4, 0.5) is 5.69 Å². The van der Waals surface area contributed by atoms with Crippen LogP contribution >= 0.6 is 11.8 Å². The number of nitro groups is 1. The first-order valence-electron chi connectivity index (χ1n) is 9.51. The van der Waals surface area contributed by atoms with Crippen LogP contribution in [0.1, 0.15) is 28.9 Å². The summed E-state index contributed by atoms with van der Waals surface area (Å²) >= 11 is 1.03. The standard InChI is InChI=1S/C23H21N3O4S/c1-15(16-7-9-18(10-8-16)17-5-3-2-4-6-17)25-22(27)14-31-21-12-11-19(23(24)28)13-20(21)26(29)30/h2-13,15H,14H2,1H3,(H2,24,28)(H,25,27). The van der Waals surface area contributed by atoms with Gasteiger partial charge in [0, 0.05) is 11.6 Å². The third-order valence-corrected chi connectivity index (χ3v) is 5.76. The maximum atomic E-state index is 12.4. The number of nitrogens with two attached hydrogens (primary N) is 1. The Labute approximate surface area is 183 Å². The van der Waals surface area contributed by atoms with Crippen LogP contribution in [0.15, 0.2) is 77.7 Å². The summed E-state index contributed by atoms with van der Waals surface area (Å²) in [5.41, 5.74) is 8.13. The van der Waals surface area contributed by atoms with Gasteiger partial charge in [-0.1, -0.05) is 54.6 Å². The van der Waals surface area contributed by atoms with Gasteiger partial charge in [-0.25, -0.2) is 0 Å². The van der Waals surface area contributed by atoms with Crippen molar-refractivity contribution in [2.75, 3.05) is 5.75 Å². The van der Waals surface area contributed by atoms with Gasteiger partial charge in [-0.15, -0.1) is 11.8 Å². The highest BCUT2D eigenvalue weighted by Crippen LogP contribution is 2.30. The molecule has 0 aliphatic heterocycles. The van der Waals surface area contributed by atoms with Crippen molar-refractivity contribution < 1.29 is 14.5 Å². The van der Waals surface area contributed by atoms with Gasteiger partial charge in [0.15, 0.2) is 0 Å². The number of carbonyl (C=O) groups excluding carboxylic acids is 2. The van der Waals surface area contributed by atoms with E-state index in [9.17, 15) is 19.7 Å². The normalized spacial score (nSPS) is 11.5. The average molecular weight is 436 g/mol. The summed E-state index contributed by atoms with van der Waals surface area (Å²) < 4.78 is 0. The number of carbonyl (C=O) groups is 2. The second kappa shape index (κ2) is 9.90. The third-order valence-electron chi connectivity index (χ3n) is 4.69. The summed E-state index contributed by atoms with van der Waals surface area (Å²) in [6.45, 7) is 1.88. The van der Waals surface area contributed by atoms with Gasteiger partial charge < -0.3 is 11.1 Å². The maximum Gasteiger partial charge on any atom is 0.283 e. The fourth-order valence-corrected chi connectivity index (χ4v) is 3.86. The highest BCUT2D eigenvalue weighted by atomic mass is 32.2. The molecule has 1 unspecified atom stereocenters. The van der Waals surface area contributed by atoms with Crippen molar-refractivity contribution in [1.29, 1.82) is 0 Å². The molecule has 0 spiro atoms. The Hall–Kier alpha value is -3.65. The van der Waals surface area contributed by atoms with Crippen molar-refractivity contribution in [3.63, 3.8) is 0 Å². The topological polar surface area (TPSA) is 115 Å². The van der Waals surface area contributed by atoms with Crippen molar-refractivity contribution in [1.82, 2.24) is 5.32 Å². The molecular weight excluding hydrogens is 414 g/mol. The van der Waals surface area contributed by atoms with Crippen molar-refractivity contribution in [2.45, 2.75) is 17.9 Å². The number of amides is 2. The molecule has 0 aromatic heterocycles. The fraction of sp³-hybridized carbons (Fsp3) is 0.130. The minimum absolute atomic E-state index is 0.00317. The van der Waals surface area contributed by atoms with Crippen LogP contribution in [-0.2, 0) is 4.79 Å². The van der Waals surface area contributed by atoms with Crippen LogP contribution in [0.2, 0.25) is 0 Å². The van der Waals surface area contributed by atoms with Gasteiger partial charge in [0.1, 0.15) is 0 Å². The maximum absolute atomic E-state index is 12.4. The van der Waals surface area contributed by atoms with Crippen molar-refractivity contribution >= 4 is 29.3 Å². The van der Waals surface area contributed by atoms with Crippen LogP contribution in [0.5, 0.6) is 0 Å². The summed E-state index contributed by atoms with van der Waals surface area (Å²) in [6.07, 6.45) is 0. The quantitative estimate of drug-likeness (QED) is 0.310. The number of nitrogens with one attached hydrogen (secondary N) is 1. The van der Waals surface area contributed by atoms with E-state index in [1.54, 1.807) is 0 Å². The molecule has 3 N–H and O–H groups in total. The molecule has 31 heavy (non-hydrogen) atoms. The molecular formula is C23H21N3O4S. The molecule has 3 rings (SSSR count). The number of nitro benzene ring substituents is 1. The van der Waals surface area contributed by atoms with E-state index in [-0.39, 0.29) is 29.0 Å². The lowest BCUT2D eigenvalue weighted by Crippen LogP contribution is -2.28. The van der Waals surface area contributed by atoms with E-state index in [0.717, 1.165) is 34.5 Å². The molecule has 2 amide bonds. The highest BCUT2D eigenvalue weighted by Gasteiger charge is 2.18. The minimum Gasteiger partial charge on any atom is -0.366 e. The minimum atomic E-state index is -0.746. The predicted molar refractivity (Wildman–Crippen MR) is 121 cm³/mol. The van der Waals surface area contributed by atoms with Crippen molar-refractivity contribution in [3.8, 4) is 11.1 Å². The molecule has 0 bridgehead atoms. The Morgan fingerprint density at radius 3 is 2.29 bits per heavy atom. The molecule has 0 saturated heterocycles. The molecule has 0 fully saturated rings.